The predicted molar refractivity (Wildman–Crippen MR) is 98.2 cm³/mol. The number of alkyl halides is 2. The Balaban J connectivity index is 0.00000208. The molecule has 134 valence electrons. The average Bonchev–Trinajstić information content (AvgIpc) is 3.26. The summed E-state index contributed by atoms with van der Waals surface area (Å²) in [6.45, 7) is 1.40. The van der Waals surface area contributed by atoms with E-state index < -0.39 is 6.61 Å². The number of halogens is 3. The van der Waals surface area contributed by atoms with Gasteiger partial charge in [-0.3, -0.25) is 0 Å². The third-order valence-electron chi connectivity index (χ3n) is 4.15. The van der Waals surface area contributed by atoms with Gasteiger partial charge in [-0.15, -0.1) is 24.0 Å². The second-order valence-electron chi connectivity index (χ2n) is 5.97. The van der Waals surface area contributed by atoms with Crippen LogP contribution in [0.2, 0.25) is 0 Å². The van der Waals surface area contributed by atoms with Crippen LogP contribution in [0.3, 0.4) is 0 Å². The Hall–Kier alpha value is -1.16. The van der Waals surface area contributed by atoms with Crippen molar-refractivity contribution in [2.24, 2.45) is 10.7 Å². The number of ether oxygens (including phenoxy) is 2. The molecular formula is C16H22F2IN3O2. The van der Waals surface area contributed by atoms with E-state index in [1.54, 1.807) is 12.1 Å². The molecule has 24 heavy (non-hydrogen) atoms. The molecule has 1 heterocycles. The maximum atomic E-state index is 12.1. The maximum Gasteiger partial charge on any atom is 0.387 e. The Kier molecular flexibility index (Phi) is 6.62. The molecule has 1 unspecified atom stereocenters. The Morgan fingerprint density at radius 3 is 2.71 bits per heavy atom. The van der Waals surface area contributed by atoms with Crippen molar-refractivity contribution in [3.8, 4) is 5.75 Å². The van der Waals surface area contributed by atoms with Crippen molar-refractivity contribution in [2.45, 2.75) is 38.0 Å². The topological polar surface area (TPSA) is 60.1 Å². The third kappa shape index (κ3) is 4.92. The zero-order chi connectivity index (χ0) is 16.4. The summed E-state index contributed by atoms with van der Waals surface area (Å²) < 4.78 is 34.1. The Morgan fingerprint density at radius 2 is 2.08 bits per heavy atom. The molecular weight excluding hydrogens is 431 g/mol. The number of guanidine groups is 1. The number of rotatable bonds is 4. The third-order valence-corrected chi connectivity index (χ3v) is 4.15. The number of hydrogen-bond acceptors (Lipinski definition) is 3. The molecule has 2 aliphatic rings. The van der Waals surface area contributed by atoms with Crippen LogP contribution < -0.4 is 10.5 Å². The molecule has 1 aromatic rings. The molecule has 0 amide bonds. The molecule has 2 N–H and O–H groups in total. The lowest BCUT2D eigenvalue weighted by Crippen LogP contribution is -2.48. The highest BCUT2D eigenvalue weighted by atomic mass is 127. The lowest BCUT2D eigenvalue weighted by atomic mass is 10.1. The first-order chi connectivity index (χ1) is 11.0. The Morgan fingerprint density at radius 1 is 1.38 bits per heavy atom. The number of morpholine rings is 1. The van der Waals surface area contributed by atoms with E-state index in [2.05, 4.69) is 9.73 Å². The minimum absolute atomic E-state index is 0. The van der Waals surface area contributed by atoms with E-state index in [9.17, 15) is 8.78 Å². The standard InChI is InChI=1S/C16H21F2N3O2.HI/c1-10-9-21(6-7-22-10)16(19)20-14-8-13(14)11-2-4-12(5-3-11)23-15(17)18;/h2-5,10,13-15H,6-9H2,1H3,(H2,19,20);1H/t10?,13-,14+;/m0./s1. The van der Waals surface area contributed by atoms with Gasteiger partial charge in [0.05, 0.1) is 18.8 Å². The van der Waals surface area contributed by atoms with Crippen molar-refractivity contribution in [1.29, 1.82) is 0 Å². The Bertz CT molecular complexity index is 571. The van der Waals surface area contributed by atoms with E-state index in [1.165, 1.54) is 0 Å². The van der Waals surface area contributed by atoms with Crippen LogP contribution in [0.15, 0.2) is 29.3 Å². The van der Waals surface area contributed by atoms with E-state index in [1.807, 2.05) is 24.0 Å². The van der Waals surface area contributed by atoms with E-state index in [-0.39, 0.29) is 41.9 Å². The molecule has 5 nitrogen and oxygen atoms in total. The molecule has 1 saturated heterocycles. The van der Waals surface area contributed by atoms with Gasteiger partial charge < -0.3 is 20.1 Å². The first kappa shape index (κ1) is 19.2. The van der Waals surface area contributed by atoms with Gasteiger partial charge >= 0.3 is 6.61 Å². The fourth-order valence-electron chi connectivity index (χ4n) is 2.86. The number of hydrogen-bond donors (Lipinski definition) is 1. The molecule has 1 saturated carbocycles. The van der Waals surface area contributed by atoms with E-state index in [4.69, 9.17) is 10.5 Å². The SMILES string of the molecule is CC1CN(C(N)=N[C@@H]2C[C@H]2c2ccc(OC(F)F)cc2)CCO1.I. The second-order valence-corrected chi connectivity index (χ2v) is 5.97. The highest BCUT2D eigenvalue weighted by molar-refractivity contribution is 14.0. The van der Waals surface area contributed by atoms with Crippen molar-refractivity contribution in [1.82, 2.24) is 4.90 Å². The van der Waals surface area contributed by atoms with Gasteiger partial charge in [-0.1, -0.05) is 12.1 Å². The molecule has 3 atom stereocenters. The van der Waals surface area contributed by atoms with Crippen molar-refractivity contribution in [2.75, 3.05) is 19.7 Å². The fourth-order valence-corrected chi connectivity index (χ4v) is 2.86. The maximum absolute atomic E-state index is 12.1. The van der Waals surface area contributed by atoms with E-state index in [0.29, 0.717) is 18.5 Å². The number of nitrogens with zero attached hydrogens (tertiary/aromatic N) is 2. The summed E-state index contributed by atoms with van der Waals surface area (Å²) in [7, 11) is 0. The highest BCUT2D eigenvalue weighted by Gasteiger charge is 2.39. The molecule has 1 aromatic carbocycles. The second kappa shape index (κ2) is 8.28. The summed E-state index contributed by atoms with van der Waals surface area (Å²) >= 11 is 0. The summed E-state index contributed by atoms with van der Waals surface area (Å²) in [5.74, 6) is 1.03. The van der Waals surface area contributed by atoms with Crippen molar-refractivity contribution in [3.63, 3.8) is 0 Å². The lowest BCUT2D eigenvalue weighted by molar-refractivity contribution is -0.0498. The van der Waals surface area contributed by atoms with Crippen molar-refractivity contribution < 1.29 is 18.3 Å². The van der Waals surface area contributed by atoms with Crippen LogP contribution in [0.4, 0.5) is 8.78 Å². The van der Waals surface area contributed by atoms with Crippen LogP contribution in [0.1, 0.15) is 24.8 Å². The van der Waals surface area contributed by atoms with Gasteiger partial charge in [0.25, 0.3) is 0 Å². The van der Waals surface area contributed by atoms with Gasteiger partial charge in [0.15, 0.2) is 5.96 Å². The van der Waals surface area contributed by atoms with Crippen LogP contribution >= 0.6 is 24.0 Å². The fraction of sp³-hybridized carbons (Fsp3) is 0.562. The molecule has 1 aliphatic heterocycles. The van der Waals surface area contributed by atoms with E-state index in [0.717, 1.165) is 25.1 Å². The zero-order valence-electron chi connectivity index (χ0n) is 13.4. The first-order valence-corrected chi connectivity index (χ1v) is 7.77. The van der Waals surface area contributed by atoms with Crippen LogP contribution in [-0.2, 0) is 4.74 Å². The van der Waals surface area contributed by atoms with Crippen molar-refractivity contribution >= 4 is 29.9 Å². The van der Waals surface area contributed by atoms with Gasteiger partial charge in [0, 0.05) is 19.0 Å². The van der Waals surface area contributed by atoms with Gasteiger partial charge in [0.2, 0.25) is 0 Å². The van der Waals surface area contributed by atoms with Gasteiger partial charge in [-0.2, -0.15) is 8.78 Å². The molecule has 2 fully saturated rings. The van der Waals surface area contributed by atoms with Gasteiger partial charge in [-0.25, -0.2) is 4.99 Å². The van der Waals surface area contributed by atoms with Crippen molar-refractivity contribution in [3.05, 3.63) is 29.8 Å². The Labute approximate surface area is 157 Å². The lowest BCUT2D eigenvalue weighted by Gasteiger charge is -2.31. The molecule has 1 aliphatic carbocycles. The molecule has 0 bridgehead atoms. The number of benzene rings is 1. The van der Waals surface area contributed by atoms with Gasteiger partial charge in [-0.05, 0) is 31.0 Å². The summed E-state index contributed by atoms with van der Waals surface area (Å²) in [5, 5.41) is 0. The minimum atomic E-state index is -2.80. The monoisotopic (exact) mass is 453 g/mol. The van der Waals surface area contributed by atoms with Gasteiger partial charge in [0.1, 0.15) is 5.75 Å². The number of nitrogens with two attached hydrogens (primary N) is 1. The van der Waals surface area contributed by atoms with Crippen LogP contribution in [-0.4, -0.2) is 49.3 Å². The normalized spacial score (nSPS) is 26.9. The van der Waals surface area contributed by atoms with Crippen LogP contribution in [0.25, 0.3) is 0 Å². The molecule has 0 aromatic heterocycles. The quantitative estimate of drug-likeness (QED) is 0.433. The molecule has 0 spiro atoms. The summed E-state index contributed by atoms with van der Waals surface area (Å²) in [6, 6.07) is 6.91. The minimum Gasteiger partial charge on any atom is -0.435 e. The summed E-state index contributed by atoms with van der Waals surface area (Å²) in [5.41, 5.74) is 7.16. The smallest absolute Gasteiger partial charge is 0.387 e. The van der Waals surface area contributed by atoms with E-state index >= 15 is 0 Å². The first-order valence-electron chi connectivity index (χ1n) is 7.77. The van der Waals surface area contributed by atoms with Crippen LogP contribution in [0, 0.1) is 0 Å². The predicted octanol–water partition coefficient (Wildman–Crippen LogP) is 2.80. The number of aliphatic imine (C=N–C) groups is 1. The molecule has 8 heteroatoms. The molecule has 0 radical (unpaired) electrons. The van der Waals surface area contributed by atoms with Crippen LogP contribution in [0.5, 0.6) is 5.75 Å². The largest absolute Gasteiger partial charge is 0.435 e. The summed E-state index contributed by atoms with van der Waals surface area (Å²) in [4.78, 5) is 6.63. The highest BCUT2D eigenvalue weighted by Crippen LogP contribution is 2.44. The molecule has 3 rings (SSSR count). The average molecular weight is 453 g/mol. The summed E-state index contributed by atoms with van der Waals surface area (Å²) in [6.07, 6.45) is 1.09. The zero-order valence-corrected chi connectivity index (χ0v) is 15.7.